The minimum atomic E-state index is -4.13. The molecule has 0 unspecified atom stereocenters. The van der Waals surface area contributed by atoms with Gasteiger partial charge in [0.25, 0.3) is 10.0 Å². The number of hydrogen-bond acceptors (Lipinski definition) is 4. The second-order valence-electron chi connectivity index (χ2n) is 6.67. The summed E-state index contributed by atoms with van der Waals surface area (Å²) in [6, 6.07) is 17.8. The number of nitrogens with zero attached hydrogens (tertiary/aromatic N) is 1. The Hall–Kier alpha value is -2.74. The van der Waals surface area contributed by atoms with Gasteiger partial charge in [-0.1, -0.05) is 47.5 Å². The molecular weight excluding hydrogens is 459 g/mol. The van der Waals surface area contributed by atoms with Crippen molar-refractivity contribution in [2.75, 3.05) is 23.3 Å². The van der Waals surface area contributed by atoms with E-state index in [9.17, 15) is 13.2 Å². The summed E-state index contributed by atoms with van der Waals surface area (Å²) in [7, 11) is -2.74. The van der Waals surface area contributed by atoms with Gasteiger partial charge in [0.05, 0.1) is 23.5 Å². The Morgan fingerprint density at radius 1 is 1.03 bits per heavy atom. The Bertz CT molecular complexity index is 1200. The molecule has 0 radical (unpaired) electrons. The van der Waals surface area contributed by atoms with Crippen molar-refractivity contribution < 1.29 is 17.9 Å². The Morgan fingerprint density at radius 3 is 2.39 bits per heavy atom. The van der Waals surface area contributed by atoms with E-state index in [0.717, 1.165) is 9.87 Å². The number of carbonyl (C=O) groups is 1. The number of halogens is 2. The van der Waals surface area contributed by atoms with Crippen molar-refractivity contribution in [3.63, 3.8) is 0 Å². The van der Waals surface area contributed by atoms with Crippen LogP contribution in [0.3, 0.4) is 0 Å². The third-order valence-electron chi connectivity index (χ3n) is 4.42. The molecule has 3 aromatic rings. The summed E-state index contributed by atoms with van der Waals surface area (Å²) in [6.45, 7) is 1.31. The van der Waals surface area contributed by atoms with Gasteiger partial charge >= 0.3 is 0 Å². The van der Waals surface area contributed by atoms with Gasteiger partial charge in [0.15, 0.2) is 0 Å². The van der Waals surface area contributed by atoms with Crippen LogP contribution in [0.2, 0.25) is 10.0 Å². The van der Waals surface area contributed by atoms with Crippen molar-refractivity contribution in [1.82, 2.24) is 0 Å². The molecule has 3 rings (SSSR count). The third kappa shape index (κ3) is 5.31. The summed E-state index contributed by atoms with van der Waals surface area (Å²) < 4.78 is 33.5. The van der Waals surface area contributed by atoms with Crippen LogP contribution < -0.4 is 14.4 Å². The van der Waals surface area contributed by atoms with E-state index in [4.69, 9.17) is 27.9 Å². The third-order valence-corrected chi connectivity index (χ3v) is 6.77. The lowest BCUT2D eigenvalue weighted by Crippen LogP contribution is -2.38. The maximum absolute atomic E-state index is 13.6. The quantitative estimate of drug-likeness (QED) is 0.509. The van der Waals surface area contributed by atoms with Crippen LogP contribution in [0.15, 0.2) is 71.6 Å². The van der Waals surface area contributed by atoms with Crippen LogP contribution in [0, 0.1) is 6.92 Å². The Balaban J connectivity index is 1.99. The van der Waals surface area contributed by atoms with E-state index in [0.29, 0.717) is 16.4 Å². The maximum atomic E-state index is 13.6. The van der Waals surface area contributed by atoms with E-state index in [-0.39, 0.29) is 15.7 Å². The molecule has 3 aromatic carbocycles. The molecule has 0 aromatic heterocycles. The van der Waals surface area contributed by atoms with Crippen molar-refractivity contribution in [2.24, 2.45) is 0 Å². The van der Waals surface area contributed by atoms with Gasteiger partial charge in [-0.05, 0) is 55.0 Å². The molecular formula is C22H20Cl2N2O4S. The van der Waals surface area contributed by atoms with Gasteiger partial charge in [0.1, 0.15) is 17.2 Å². The number of ether oxygens (including phenoxy) is 1. The Kier molecular flexibility index (Phi) is 7.10. The van der Waals surface area contributed by atoms with Crippen LogP contribution in [0.25, 0.3) is 0 Å². The van der Waals surface area contributed by atoms with Crippen LogP contribution >= 0.6 is 23.2 Å². The molecule has 31 heavy (non-hydrogen) atoms. The number of amides is 1. The number of hydrogen-bond donors (Lipinski definition) is 1. The zero-order chi connectivity index (χ0) is 22.6. The first-order valence-electron chi connectivity index (χ1n) is 9.19. The van der Waals surface area contributed by atoms with Crippen molar-refractivity contribution in [3.8, 4) is 5.75 Å². The van der Waals surface area contributed by atoms with Gasteiger partial charge in [-0.25, -0.2) is 8.42 Å². The van der Waals surface area contributed by atoms with Gasteiger partial charge in [0.2, 0.25) is 5.91 Å². The molecule has 6 nitrogen and oxygen atoms in total. The number of aryl methyl sites for hydroxylation is 1. The molecule has 0 aliphatic heterocycles. The Morgan fingerprint density at radius 2 is 1.74 bits per heavy atom. The summed E-state index contributed by atoms with van der Waals surface area (Å²) >= 11 is 12.0. The maximum Gasteiger partial charge on any atom is 0.268 e. The van der Waals surface area contributed by atoms with Gasteiger partial charge in [-0.2, -0.15) is 0 Å². The molecule has 0 bridgehead atoms. The number of anilines is 2. The lowest BCUT2D eigenvalue weighted by atomic mass is 10.2. The minimum Gasteiger partial charge on any atom is -0.495 e. The van der Waals surface area contributed by atoms with Gasteiger partial charge < -0.3 is 10.1 Å². The molecule has 0 saturated heterocycles. The highest BCUT2D eigenvalue weighted by molar-refractivity contribution is 7.93. The van der Waals surface area contributed by atoms with Gasteiger partial charge in [0, 0.05) is 5.02 Å². The fourth-order valence-corrected chi connectivity index (χ4v) is 5.04. The fourth-order valence-electron chi connectivity index (χ4n) is 2.92. The predicted molar refractivity (Wildman–Crippen MR) is 124 cm³/mol. The van der Waals surface area contributed by atoms with E-state index in [1.165, 1.54) is 19.2 Å². The van der Waals surface area contributed by atoms with Gasteiger partial charge in [-0.15, -0.1) is 0 Å². The first kappa shape index (κ1) is 22.9. The predicted octanol–water partition coefficient (Wildman–Crippen LogP) is 5.14. The van der Waals surface area contributed by atoms with E-state index in [1.807, 2.05) is 0 Å². The van der Waals surface area contributed by atoms with Crippen molar-refractivity contribution >= 4 is 50.5 Å². The van der Waals surface area contributed by atoms with Crippen molar-refractivity contribution in [2.45, 2.75) is 11.8 Å². The molecule has 0 fully saturated rings. The summed E-state index contributed by atoms with van der Waals surface area (Å²) in [5.41, 5.74) is 1.41. The smallest absolute Gasteiger partial charge is 0.268 e. The summed E-state index contributed by atoms with van der Waals surface area (Å²) in [4.78, 5) is 12.8. The molecule has 9 heteroatoms. The van der Waals surface area contributed by atoms with Crippen LogP contribution in [-0.4, -0.2) is 28.0 Å². The van der Waals surface area contributed by atoms with E-state index in [2.05, 4.69) is 5.32 Å². The highest BCUT2D eigenvalue weighted by Gasteiger charge is 2.30. The number of rotatable bonds is 7. The van der Waals surface area contributed by atoms with Crippen molar-refractivity contribution in [1.29, 1.82) is 0 Å². The lowest BCUT2D eigenvalue weighted by molar-refractivity contribution is -0.114. The fraction of sp³-hybridized carbons (Fsp3) is 0.136. The molecule has 0 aliphatic carbocycles. The summed E-state index contributed by atoms with van der Waals surface area (Å²) in [5.74, 6) is -0.379. The summed E-state index contributed by atoms with van der Waals surface area (Å²) in [6.07, 6.45) is 0. The van der Waals surface area contributed by atoms with Crippen LogP contribution in [-0.2, 0) is 14.8 Å². The molecule has 0 atom stereocenters. The number of sulfonamides is 1. The van der Waals surface area contributed by atoms with Crippen LogP contribution in [0.5, 0.6) is 5.75 Å². The molecule has 0 heterocycles. The van der Waals surface area contributed by atoms with Gasteiger partial charge in [-0.3, -0.25) is 9.10 Å². The van der Waals surface area contributed by atoms with E-state index in [1.54, 1.807) is 61.5 Å². The average molecular weight is 479 g/mol. The van der Waals surface area contributed by atoms with E-state index < -0.39 is 22.5 Å². The lowest BCUT2D eigenvalue weighted by Gasteiger charge is -2.25. The van der Waals surface area contributed by atoms with Crippen LogP contribution in [0.1, 0.15) is 5.56 Å². The monoisotopic (exact) mass is 478 g/mol. The molecule has 162 valence electrons. The molecule has 1 N–H and O–H groups in total. The number of para-hydroxylation sites is 1. The second-order valence-corrected chi connectivity index (χ2v) is 9.35. The van der Waals surface area contributed by atoms with Crippen LogP contribution in [0.4, 0.5) is 11.4 Å². The Labute approximate surface area is 191 Å². The number of carbonyl (C=O) groups excluding carboxylic acids is 1. The number of nitrogens with one attached hydrogen (secondary N) is 1. The first-order chi connectivity index (χ1) is 14.7. The molecule has 0 aliphatic rings. The number of benzene rings is 3. The topological polar surface area (TPSA) is 75.7 Å². The zero-order valence-corrected chi connectivity index (χ0v) is 19.1. The minimum absolute atomic E-state index is 0.0313. The first-order valence-corrected chi connectivity index (χ1v) is 11.4. The molecule has 1 amide bonds. The largest absolute Gasteiger partial charge is 0.495 e. The highest BCUT2D eigenvalue weighted by Crippen LogP contribution is 2.31. The normalized spacial score (nSPS) is 11.1. The average Bonchev–Trinajstić information content (AvgIpc) is 2.74. The zero-order valence-electron chi connectivity index (χ0n) is 16.8. The second kappa shape index (κ2) is 9.60. The SMILES string of the molecule is COc1ccc(C)cc1S(=O)(=O)N(CC(=O)Nc1ccc(Cl)cc1Cl)c1ccccc1. The van der Waals surface area contributed by atoms with Crippen molar-refractivity contribution in [3.05, 3.63) is 82.3 Å². The standard InChI is InChI=1S/C22H20Cl2N2O4S/c1-15-8-11-20(30-2)21(12-15)31(28,29)26(17-6-4-3-5-7-17)14-22(27)25-19-10-9-16(23)13-18(19)24/h3-13H,14H2,1-2H3,(H,25,27). The molecule has 0 spiro atoms. The highest BCUT2D eigenvalue weighted by atomic mass is 35.5. The summed E-state index contributed by atoms with van der Waals surface area (Å²) in [5, 5.41) is 3.30. The number of methoxy groups -OCH3 is 1. The molecule has 0 saturated carbocycles. The van der Waals surface area contributed by atoms with E-state index >= 15 is 0 Å².